The number of carbonyl (C=O) groups is 4. The second kappa shape index (κ2) is 15.5. The van der Waals surface area contributed by atoms with Gasteiger partial charge in [-0.15, -0.1) is 0 Å². The lowest BCUT2D eigenvalue weighted by Crippen LogP contribution is -2.53. The lowest BCUT2D eigenvalue weighted by Gasteiger charge is -2.30. The summed E-state index contributed by atoms with van der Waals surface area (Å²) in [6, 6.07) is 1.50. The number of carbonyl (C=O) groups excluding carboxylic acids is 4. The van der Waals surface area contributed by atoms with E-state index in [1.165, 1.54) is 17.0 Å². The minimum atomic E-state index is -4.00. The van der Waals surface area contributed by atoms with Gasteiger partial charge in [-0.05, 0) is 98.1 Å². The fourth-order valence-corrected chi connectivity index (χ4v) is 8.83. The first kappa shape index (κ1) is 41.3. The first-order valence-electron chi connectivity index (χ1n) is 19.4. The number of pyridine rings is 1. The number of aromatic nitrogens is 1. The second-order valence-corrected chi connectivity index (χ2v) is 19.3. The lowest BCUT2D eigenvalue weighted by atomic mass is 9.91. The molecule has 0 spiro atoms. The van der Waals surface area contributed by atoms with Crippen LogP contribution in [-0.4, -0.2) is 83.2 Å². The zero-order chi connectivity index (χ0) is 40.8. The van der Waals surface area contributed by atoms with Gasteiger partial charge in [0.1, 0.15) is 29.0 Å². The number of rotatable bonds is 8. The summed E-state index contributed by atoms with van der Waals surface area (Å²) < 4.78 is 74.6. The molecule has 3 heterocycles. The standard InChI is InChI=1S/C40H52F2N4O9S/c1-23(2)53-32-19-31(26-14-15-27(41)33(42)34(26)44-32)54-25-18-29-30(47)21-40(36(49)45-56(51,52)39(6)16-17-39)20-24(40)12-10-8-7-9-11-13-28(35(48)46(29)22-25)43-37(50)55-38(3,4)5/h10,12,14-15,19,23-25,28-29H,7-9,11,13,16-18,20-22H2,1-6H3,(H,43,50)(H,45,49)/b12-10-/t24-,25+,28-,29-,40+/m0/s1. The van der Waals surface area contributed by atoms with Gasteiger partial charge in [-0.2, -0.15) is 0 Å². The predicted octanol–water partition coefficient (Wildman–Crippen LogP) is 6.03. The average molecular weight is 803 g/mol. The fourth-order valence-electron chi connectivity index (χ4n) is 7.50. The lowest BCUT2D eigenvalue weighted by molar-refractivity contribution is -0.140. The van der Waals surface area contributed by atoms with Crippen molar-refractivity contribution in [2.24, 2.45) is 11.3 Å². The molecule has 56 heavy (non-hydrogen) atoms. The molecule has 1 aromatic carbocycles. The van der Waals surface area contributed by atoms with Crippen LogP contribution in [-0.2, 0) is 29.1 Å². The van der Waals surface area contributed by atoms with E-state index >= 15 is 4.39 Å². The Morgan fingerprint density at radius 3 is 2.50 bits per heavy atom. The van der Waals surface area contributed by atoms with Gasteiger partial charge in [-0.1, -0.05) is 25.0 Å². The number of Topliss-reactive ketones (excluding diaryl/α,β-unsaturated/α-hetero) is 1. The molecule has 1 saturated heterocycles. The zero-order valence-electron chi connectivity index (χ0n) is 32.8. The van der Waals surface area contributed by atoms with Crippen LogP contribution in [0.1, 0.15) is 106 Å². The summed E-state index contributed by atoms with van der Waals surface area (Å²) in [6.45, 7) is 10.0. The average Bonchev–Trinajstić information content (AvgIpc) is 3.97. The maximum atomic E-state index is 15.1. The van der Waals surface area contributed by atoms with Gasteiger partial charge in [0.05, 0.1) is 28.9 Å². The van der Waals surface area contributed by atoms with E-state index in [2.05, 4.69) is 15.0 Å². The molecule has 3 amide bonds. The van der Waals surface area contributed by atoms with E-state index in [1.54, 1.807) is 41.5 Å². The molecule has 2 aliphatic carbocycles. The van der Waals surface area contributed by atoms with Crippen molar-refractivity contribution in [3.05, 3.63) is 42.0 Å². The molecular weight excluding hydrogens is 751 g/mol. The number of alkyl carbamates (subject to hydrolysis) is 1. The summed E-state index contributed by atoms with van der Waals surface area (Å²) in [5.41, 5.74) is -2.52. The van der Waals surface area contributed by atoms with Crippen molar-refractivity contribution in [2.75, 3.05) is 6.54 Å². The maximum absolute atomic E-state index is 15.1. The molecule has 2 saturated carbocycles. The summed E-state index contributed by atoms with van der Waals surface area (Å²) in [5.74, 6) is -4.43. The van der Waals surface area contributed by atoms with Gasteiger partial charge >= 0.3 is 6.09 Å². The summed E-state index contributed by atoms with van der Waals surface area (Å²) >= 11 is 0. The number of hydrogen-bond donors (Lipinski definition) is 2. The molecule has 1 aromatic heterocycles. The summed E-state index contributed by atoms with van der Waals surface area (Å²) in [6.07, 6.45) is 5.46. The zero-order valence-corrected chi connectivity index (χ0v) is 33.6. The molecule has 2 N–H and O–H groups in total. The SMILES string of the molecule is CC(C)Oc1cc(O[C@@H]2C[C@H]3C(=O)C[C@]4(C(=O)NS(=O)(=O)C5(C)CC5)C[C@@H]4/C=C\CCCCC[C@H](NC(=O)OC(C)(C)C)C(=O)N3C2)c2ccc(F)c(F)c2n1. The Morgan fingerprint density at radius 2 is 1.82 bits per heavy atom. The van der Waals surface area contributed by atoms with Gasteiger partial charge in [0.25, 0.3) is 0 Å². The number of hydrogen-bond acceptors (Lipinski definition) is 10. The number of ether oxygens (including phenoxy) is 3. The number of nitrogens with one attached hydrogen (secondary N) is 2. The van der Waals surface area contributed by atoms with Gasteiger partial charge < -0.3 is 24.4 Å². The number of sulfonamides is 1. The Labute approximate surface area is 326 Å². The minimum Gasteiger partial charge on any atom is -0.488 e. The van der Waals surface area contributed by atoms with Crippen molar-refractivity contribution >= 4 is 44.6 Å². The number of nitrogens with zero attached hydrogens (tertiary/aromatic N) is 2. The van der Waals surface area contributed by atoms with E-state index in [1.807, 2.05) is 12.2 Å². The summed E-state index contributed by atoms with van der Waals surface area (Å²) in [4.78, 5) is 61.5. The molecule has 3 fully saturated rings. The topological polar surface area (TPSA) is 170 Å². The highest BCUT2D eigenvalue weighted by atomic mass is 32.2. The van der Waals surface area contributed by atoms with Gasteiger partial charge in [0, 0.05) is 24.3 Å². The van der Waals surface area contributed by atoms with Crippen LogP contribution in [0.25, 0.3) is 10.9 Å². The van der Waals surface area contributed by atoms with Crippen LogP contribution in [0.4, 0.5) is 13.6 Å². The number of benzene rings is 1. The quantitative estimate of drug-likeness (QED) is 0.301. The number of allylic oxidation sites excluding steroid dienone is 2. The smallest absolute Gasteiger partial charge is 0.408 e. The third kappa shape index (κ3) is 8.94. The van der Waals surface area contributed by atoms with Crippen molar-refractivity contribution in [3.63, 3.8) is 0 Å². The van der Waals surface area contributed by atoms with Gasteiger partial charge in [0.15, 0.2) is 17.4 Å². The fraction of sp³-hybridized carbons (Fsp3) is 0.625. The van der Waals surface area contributed by atoms with E-state index in [0.29, 0.717) is 25.7 Å². The molecule has 6 rings (SSSR count). The highest BCUT2D eigenvalue weighted by Crippen LogP contribution is 2.57. The van der Waals surface area contributed by atoms with E-state index in [0.717, 1.165) is 18.9 Å². The monoisotopic (exact) mass is 802 g/mol. The third-order valence-corrected chi connectivity index (χ3v) is 13.2. The molecule has 2 aliphatic heterocycles. The van der Waals surface area contributed by atoms with Crippen LogP contribution in [0.3, 0.4) is 0 Å². The van der Waals surface area contributed by atoms with E-state index in [9.17, 15) is 32.0 Å². The van der Waals surface area contributed by atoms with Crippen LogP contribution in [0, 0.1) is 23.0 Å². The maximum Gasteiger partial charge on any atom is 0.408 e. The van der Waals surface area contributed by atoms with Crippen LogP contribution in [0.2, 0.25) is 0 Å². The van der Waals surface area contributed by atoms with Crippen molar-refractivity contribution < 1.29 is 50.6 Å². The number of fused-ring (bicyclic) bond motifs is 3. The van der Waals surface area contributed by atoms with Crippen molar-refractivity contribution in [2.45, 2.75) is 140 Å². The third-order valence-electron chi connectivity index (χ3n) is 11.0. The van der Waals surface area contributed by atoms with Crippen molar-refractivity contribution in [1.29, 1.82) is 0 Å². The Morgan fingerprint density at radius 1 is 1.09 bits per heavy atom. The largest absolute Gasteiger partial charge is 0.488 e. The Balaban J connectivity index is 1.35. The molecule has 0 radical (unpaired) electrons. The Bertz CT molecular complexity index is 2030. The van der Waals surface area contributed by atoms with Crippen LogP contribution < -0.4 is 19.5 Å². The molecule has 16 heteroatoms. The molecule has 306 valence electrons. The number of ketones is 1. The Hall–Kier alpha value is -4.34. The molecule has 0 unspecified atom stereocenters. The minimum absolute atomic E-state index is 0.0237. The highest BCUT2D eigenvalue weighted by molar-refractivity contribution is 7.91. The molecule has 5 atom stereocenters. The summed E-state index contributed by atoms with van der Waals surface area (Å²) in [5, 5.41) is 2.85. The highest BCUT2D eigenvalue weighted by Gasteiger charge is 2.62. The van der Waals surface area contributed by atoms with E-state index < -0.39 is 85.2 Å². The normalized spacial score (nSPS) is 27.3. The van der Waals surface area contributed by atoms with Gasteiger partial charge in [-0.25, -0.2) is 27.0 Å². The van der Waals surface area contributed by atoms with Crippen LogP contribution in [0.5, 0.6) is 11.6 Å². The van der Waals surface area contributed by atoms with Crippen LogP contribution >= 0.6 is 0 Å². The molecule has 13 nitrogen and oxygen atoms in total. The first-order chi connectivity index (χ1) is 26.2. The Kier molecular flexibility index (Phi) is 11.5. The first-order valence-corrected chi connectivity index (χ1v) is 20.9. The predicted molar refractivity (Wildman–Crippen MR) is 202 cm³/mol. The molecule has 0 bridgehead atoms. The summed E-state index contributed by atoms with van der Waals surface area (Å²) in [7, 11) is -4.00. The van der Waals surface area contributed by atoms with E-state index in [4.69, 9.17) is 14.2 Å². The van der Waals surface area contributed by atoms with E-state index in [-0.39, 0.29) is 60.9 Å². The second-order valence-electron chi connectivity index (χ2n) is 17.1. The van der Waals surface area contributed by atoms with Crippen molar-refractivity contribution in [3.8, 4) is 11.6 Å². The van der Waals surface area contributed by atoms with Crippen LogP contribution in [0.15, 0.2) is 30.4 Å². The number of amides is 3. The molecule has 4 aliphatic rings. The van der Waals surface area contributed by atoms with Gasteiger partial charge in [0.2, 0.25) is 27.7 Å². The van der Waals surface area contributed by atoms with Crippen molar-refractivity contribution in [1.82, 2.24) is 19.9 Å². The molecule has 2 aromatic rings. The molecular formula is C40H52F2N4O9S. The number of halogens is 2. The van der Waals surface area contributed by atoms with Gasteiger partial charge in [-0.3, -0.25) is 19.1 Å².